The maximum Gasteiger partial charge on any atom is 0.257 e. The zero-order chi connectivity index (χ0) is 17.7. The Hall–Kier alpha value is -2.41. The zero-order valence-corrected chi connectivity index (χ0v) is 14.8. The predicted molar refractivity (Wildman–Crippen MR) is 95.8 cm³/mol. The maximum atomic E-state index is 12.4. The molecule has 0 aliphatic rings. The van der Waals surface area contributed by atoms with E-state index in [2.05, 4.69) is 15.0 Å². The Bertz CT molecular complexity index is 848. The summed E-state index contributed by atoms with van der Waals surface area (Å²) in [7, 11) is -3.38. The van der Waals surface area contributed by atoms with Crippen molar-refractivity contribution in [3.63, 3.8) is 0 Å². The molecule has 7 heteroatoms. The van der Waals surface area contributed by atoms with Crippen LogP contribution in [0.5, 0.6) is 0 Å². The van der Waals surface area contributed by atoms with Crippen LogP contribution in [0.2, 0.25) is 0 Å². The van der Waals surface area contributed by atoms with E-state index in [4.69, 9.17) is 0 Å². The molecule has 128 valence electrons. The number of rotatable bonds is 6. The lowest BCUT2D eigenvalue weighted by atomic mass is 10.1. The highest BCUT2D eigenvalue weighted by Crippen LogP contribution is 2.25. The summed E-state index contributed by atoms with van der Waals surface area (Å²) in [4.78, 5) is 16.5. The van der Waals surface area contributed by atoms with E-state index in [0.717, 1.165) is 0 Å². The summed E-state index contributed by atoms with van der Waals surface area (Å²) in [6.07, 6.45) is 2.16. The highest BCUT2D eigenvalue weighted by molar-refractivity contribution is 7.92. The van der Waals surface area contributed by atoms with Crippen LogP contribution in [0.25, 0.3) is 0 Å². The van der Waals surface area contributed by atoms with Crippen molar-refractivity contribution < 1.29 is 13.2 Å². The molecule has 6 nitrogen and oxygen atoms in total. The lowest BCUT2D eigenvalue weighted by molar-refractivity contribution is 0.102. The van der Waals surface area contributed by atoms with Gasteiger partial charge in [0, 0.05) is 17.6 Å². The molecule has 0 saturated heterocycles. The van der Waals surface area contributed by atoms with Crippen molar-refractivity contribution in [2.24, 2.45) is 0 Å². The molecule has 1 amide bonds. The van der Waals surface area contributed by atoms with Crippen LogP contribution >= 0.6 is 0 Å². The summed E-state index contributed by atoms with van der Waals surface area (Å²) in [6, 6.07) is 8.50. The second-order valence-electron chi connectivity index (χ2n) is 5.49. The van der Waals surface area contributed by atoms with Crippen LogP contribution < -0.4 is 10.0 Å². The van der Waals surface area contributed by atoms with Gasteiger partial charge in [-0.15, -0.1) is 0 Å². The number of anilines is 2. The highest BCUT2D eigenvalue weighted by Gasteiger charge is 2.15. The van der Waals surface area contributed by atoms with E-state index < -0.39 is 10.0 Å². The molecule has 1 heterocycles. The fraction of sp³-hybridized carbons (Fsp3) is 0.294. The van der Waals surface area contributed by atoms with Crippen molar-refractivity contribution in [2.45, 2.75) is 27.2 Å². The number of carbonyl (C=O) groups is 1. The largest absolute Gasteiger partial charge is 0.322 e. The average molecular weight is 347 g/mol. The quantitative estimate of drug-likeness (QED) is 0.840. The van der Waals surface area contributed by atoms with Crippen LogP contribution in [-0.2, 0) is 10.0 Å². The first-order chi connectivity index (χ1) is 11.3. The summed E-state index contributed by atoms with van der Waals surface area (Å²) < 4.78 is 26.5. The van der Waals surface area contributed by atoms with Crippen molar-refractivity contribution in [2.75, 3.05) is 15.8 Å². The van der Waals surface area contributed by atoms with Crippen LogP contribution in [0.1, 0.15) is 35.0 Å². The standard InChI is InChI=1S/C17H21N3O3S/c1-4-11-24(22,23)20-16-9-5-8-15(12(16)2)19-17(21)14-7-6-10-18-13(14)3/h5-10,20H,4,11H2,1-3H3,(H,19,21). The smallest absolute Gasteiger partial charge is 0.257 e. The zero-order valence-electron chi connectivity index (χ0n) is 14.0. The Labute approximate surface area is 142 Å². The van der Waals surface area contributed by atoms with Gasteiger partial charge in [-0.2, -0.15) is 0 Å². The molecule has 0 fully saturated rings. The van der Waals surface area contributed by atoms with Gasteiger partial charge < -0.3 is 5.32 Å². The summed E-state index contributed by atoms with van der Waals surface area (Å²) >= 11 is 0. The van der Waals surface area contributed by atoms with Crippen LogP contribution in [0.4, 0.5) is 11.4 Å². The number of sulfonamides is 1. The first-order valence-electron chi connectivity index (χ1n) is 7.67. The number of nitrogens with zero attached hydrogens (tertiary/aromatic N) is 1. The first-order valence-corrected chi connectivity index (χ1v) is 9.32. The minimum atomic E-state index is -3.38. The van der Waals surface area contributed by atoms with Crippen LogP contribution in [0, 0.1) is 13.8 Å². The monoisotopic (exact) mass is 347 g/mol. The summed E-state index contributed by atoms with van der Waals surface area (Å²) in [5.74, 6) is -0.227. The van der Waals surface area contributed by atoms with Crippen molar-refractivity contribution in [3.05, 3.63) is 53.3 Å². The molecule has 0 aliphatic heterocycles. The number of pyridine rings is 1. The van der Waals surface area contributed by atoms with Gasteiger partial charge in [0.15, 0.2) is 0 Å². The van der Waals surface area contributed by atoms with Gasteiger partial charge in [0.1, 0.15) is 0 Å². The molecule has 0 bridgehead atoms. The minimum absolute atomic E-state index is 0.0535. The Balaban J connectivity index is 2.25. The van der Waals surface area contributed by atoms with Gasteiger partial charge in [0.2, 0.25) is 10.0 Å². The number of hydrogen-bond acceptors (Lipinski definition) is 4. The molecule has 0 spiro atoms. The lowest BCUT2D eigenvalue weighted by Gasteiger charge is -2.14. The molecule has 2 rings (SSSR count). The van der Waals surface area contributed by atoms with Crippen molar-refractivity contribution in [3.8, 4) is 0 Å². The maximum absolute atomic E-state index is 12.4. The van der Waals surface area contributed by atoms with Crippen molar-refractivity contribution >= 4 is 27.3 Å². The fourth-order valence-electron chi connectivity index (χ4n) is 2.28. The molecule has 1 aromatic carbocycles. The van der Waals surface area contributed by atoms with Gasteiger partial charge in [-0.3, -0.25) is 14.5 Å². The van der Waals surface area contributed by atoms with E-state index in [-0.39, 0.29) is 11.7 Å². The van der Waals surface area contributed by atoms with Crippen LogP contribution in [0.3, 0.4) is 0 Å². The predicted octanol–water partition coefficient (Wildman–Crippen LogP) is 3.10. The molecule has 2 aromatic rings. The van der Waals surface area contributed by atoms with Gasteiger partial charge >= 0.3 is 0 Å². The molecular formula is C17H21N3O3S. The van der Waals surface area contributed by atoms with Gasteiger partial charge in [0.05, 0.1) is 17.0 Å². The summed E-state index contributed by atoms with van der Waals surface area (Å²) in [5.41, 5.74) is 2.79. The van der Waals surface area contributed by atoms with E-state index in [9.17, 15) is 13.2 Å². The number of nitrogens with one attached hydrogen (secondary N) is 2. The molecule has 24 heavy (non-hydrogen) atoms. The second-order valence-corrected chi connectivity index (χ2v) is 7.33. The molecule has 0 saturated carbocycles. The number of hydrogen-bond donors (Lipinski definition) is 2. The van der Waals surface area contributed by atoms with Crippen LogP contribution in [-0.4, -0.2) is 25.1 Å². The highest BCUT2D eigenvalue weighted by atomic mass is 32.2. The van der Waals surface area contributed by atoms with Crippen molar-refractivity contribution in [1.82, 2.24) is 4.98 Å². The third-order valence-corrected chi connectivity index (χ3v) is 5.05. The molecule has 0 aliphatic carbocycles. The third-order valence-electron chi connectivity index (χ3n) is 3.57. The van der Waals surface area contributed by atoms with Crippen molar-refractivity contribution in [1.29, 1.82) is 0 Å². The van der Waals surface area contributed by atoms with Gasteiger partial charge in [-0.05, 0) is 50.1 Å². The lowest BCUT2D eigenvalue weighted by Crippen LogP contribution is -2.18. The second kappa shape index (κ2) is 7.44. The fourth-order valence-corrected chi connectivity index (χ4v) is 3.48. The average Bonchev–Trinajstić information content (AvgIpc) is 2.51. The normalized spacial score (nSPS) is 11.1. The van der Waals surface area contributed by atoms with E-state index in [1.807, 2.05) is 0 Å². The SMILES string of the molecule is CCCS(=O)(=O)Nc1cccc(NC(=O)c2cccnc2C)c1C. The molecule has 0 atom stereocenters. The number of aromatic nitrogens is 1. The third kappa shape index (κ3) is 4.32. The Morgan fingerprint density at radius 1 is 1.12 bits per heavy atom. The molecule has 1 aromatic heterocycles. The number of benzene rings is 1. The summed E-state index contributed by atoms with van der Waals surface area (Å²) in [6.45, 7) is 5.32. The van der Waals surface area contributed by atoms with Gasteiger partial charge in [-0.1, -0.05) is 13.0 Å². The Kier molecular flexibility index (Phi) is 5.56. The number of carbonyl (C=O) groups excluding carboxylic acids is 1. The molecule has 0 radical (unpaired) electrons. The Morgan fingerprint density at radius 2 is 1.83 bits per heavy atom. The number of aryl methyl sites for hydroxylation is 1. The van der Waals surface area contributed by atoms with E-state index in [1.54, 1.807) is 57.3 Å². The Morgan fingerprint density at radius 3 is 2.50 bits per heavy atom. The number of amides is 1. The first kappa shape index (κ1) is 17.9. The minimum Gasteiger partial charge on any atom is -0.322 e. The summed E-state index contributed by atoms with van der Waals surface area (Å²) in [5, 5.41) is 2.81. The van der Waals surface area contributed by atoms with Gasteiger partial charge in [-0.25, -0.2) is 8.42 Å². The molecular weight excluding hydrogens is 326 g/mol. The van der Waals surface area contributed by atoms with E-state index >= 15 is 0 Å². The van der Waals surface area contributed by atoms with E-state index in [0.29, 0.717) is 34.6 Å². The molecule has 2 N–H and O–H groups in total. The van der Waals surface area contributed by atoms with Crippen LogP contribution in [0.15, 0.2) is 36.5 Å². The van der Waals surface area contributed by atoms with E-state index in [1.165, 1.54) is 0 Å². The van der Waals surface area contributed by atoms with Gasteiger partial charge in [0.25, 0.3) is 5.91 Å². The topological polar surface area (TPSA) is 88.2 Å². The molecule has 0 unspecified atom stereocenters.